The number of carbonyl (C=O) groups is 1. The number of fused-ring (bicyclic) bond motifs is 1. The molecule has 0 spiro atoms. The lowest BCUT2D eigenvalue weighted by Gasteiger charge is -2.25. The lowest BCUT2D eigenvalue weighted by molar-refractivity contribution is 0.101. The number of halogens is 1. The van der Waals surface area contributed by atoms with E-state index in [0.29, 0.717) is 25.4 Å². The van der Waals surface area contributed by atoms with E-state index < -0.39 is 0 Å². The monoisotopic (exact) mass is 333 g/mol. The molecule has 6 heteroatoms. The molecule has 0 aliphatic heterocycles. The summed E-state index contributed by atoms with van der Waals surface area (Å²) in [5, 5.41) is 16.3. The molecular weight excluding hydrogens is 309 g/mol. The average molecular weight is 333 g/mol. The second-order valence-corrected chi connectivity index (χ2v) is 6.58. The molecule has 2 aromatic rings. The number of benzene rings is 1. The van der Waals surface area contributed by atoms with Gasteiger partial charge in [-0.3, -0.25) is 0 Å². The minimum absolute atomic E-state index is 0.180. The van der Waals surface area contributed by atoms with Gasteiger partial charge in [0.2, 0.25) is 0 Å². The molecule has 24 heavy (non-hydrogen) atoms. The van der Waals surface area contributed by atoms with Crippen LogP contribution in [-0.4, -0.2) is 35.3 Å². The van der Waals surface area contributed by atoms with Crippen LogP contribution in [0.1, 0.15) is 31.2 Å². The maximum Gasteiger partial charge on any atom is 0.314 e. The normalized spacial score (nSPS) is 20.9. The van der Waals surface area contributed by atoms with Crippen molar-refractivity contribution < 1.29 is 14.3 Å². The summed E-state index contributed by atoms with van der Waals surface area (Å²) in [6.07, 6.45) is 6.04. The molecule has 5 nitrogen and oxygen atoms in total. The SMILES string of the molecule is O=C(NCCc1c[nH]c2cc(F)ccc12)NCC1CCCC(O)C1. The molecule has 4 N–H and O–H groups in total. The van der Waals surface area contributed by atoms with E-state index in [-0.39, 0.29) is 18.0 Å². The number of H-pyrrole nitrogens is 1. The van der Waals surface area contributed by atoms with Crippen LogP contribution < -0.4 is 10.6 Å². The molecule has 0 radical (unpaired) electrons. The Morgan fingerprint density at radius 3 is 3.04 bits per heavy atom. The Bertz CT molecular complexity index is 701. The highest BCUT2D eigenvalue weighted by Gasteiger charge is 2.20. The van der Waals surface area contributed by atoms with Crippen molar-refractivity contribution in [2.75, 3.05) is 13.1 Å². The molecule has 2 unspecified atom stereocenters. The number of amides is 2. The highest BCUT2D eigenvalue weighted by atomic mass is 19.1. The maximum absolute atomic E-state index is 13.2. The zero-order valence-electron chi connectivity index (χ0n) is 13.6. The molecule has 1 heterocycles. The zero-order valence-corrected chi connectivity index (χ0v) is 13.6. The Kier molecular flexibility index (Phi) is 5.35. The van der Waals surface area contributed by atoms with E-state index in [0.717, 1.165) is 42.1 Å². The van der Waals surface area contributed by atoms with Gasteiger partial charge in [-0.25, -0.2) is 9.18 Å². The van der Waals surface area contributed by atoms with E-state index in [1.54, 1.807) is 6.07 Å². The molecule has 130 valence electrons. The third kappa shape index (κ3) is 4.26. The first kappa shape index (κ1) is 16.8. The van der Waals surface area contributed by atoms with E-state index in [9.17, 15) is 14.3 Å². The van der Waals surface area contributed by atoms with Crippen LogP contribution in [0.5, 0.6) is 0 Å². The first-order valence-corrected chi connectivity index (χ1v) is 8.57. The van der Waals surface area contributed by atoms with Crippen LogP contribution in [0.2, 0.25) is 0 Å². The van der Waals surface area contributed by atoms with Crippen molar-refractivity contribution in [1.82, 2.24) is 15.6 Å². The second kappa shape index (κ2) is 7.66. The summed E-state index contributed by atoms with van der Waals surface area (Å²) in [5.41, 5.74) is 1.83. The molecule has 0 bridgehead atoms. The topological polar surface area (TPSA) is 77.2 Å². The predicted molar refractivity (Wildman–Crippen MR) is 91.3 cm³/mol. The standard InChI is InChI=1S/C18H24FN3O2/c19-14-4-5-16-13(11-21-17(16)9-14)6-7-20-18(24)22-10-12-2-1-3-15(23)8-12/h4-5,9,11-12,15,21,23H,1-3,6-8,10H2,(H2,20,22,24). The third-order valence-electron chi connectivity index (χ3n) is 4.72. The van der Waals surface area contributed by atoms with Gasteiger partial charge in [-0.15, -0.1) is 0 Å². The predicted octanol–water partition coefficient (Wildman–Crippen LogP) is 2.70. The fourth-order valence-electron chi connectivity index (χ4n) is 3.42. The number of hydrogen-bond donors (Lipinski definition) is 4. The smallest absolute Gasteiger partial charge is 0.314 e. The van der Waals surface area contributed by atoms with Gasteiger partial charge in [-0.2, -0.15) is 0 Å². The Labute approximate surface area is 140 Å². The minimum Gasteiger partial charge on any atom is -0.393 e. The Morgan fingerprint density at radius 2 is 2.21 bits per heavy atom. The molecule has 1 saturated carbocycles. The summed E-state index contributed by atoms with van der Waals surface area (Å²) in [5.74, 6) is 0.101. The van der Waals surface area contributed by atoms with Crippen LogP contribution in [0.3, 0.4) is 0 Å². The van der Waals surface area contributed by atoms with Crippen LogP contribution in [-0.2, 0) is 6.42 Å². The summed E-state index contributed by atoms with van der Waals surface area (Å²) in [4.78, 5) is 14.9. The van der Waals surface area contributed by atoms with E-state index in [1.165, 1.54) is 12.1 Å². The van der Waals surface area contributed by atoms with Gasteiger partial charge in [-0.05, 0) is 55.4 Å². The van der Waals surface area contributed by atoms with Crippen molar-refractivity contribution in [3.63, 3.8) is 0 Å². The summed E-state index contributed by atoms with van der Waals surface area (Å²) in [7, 11) is 0. The summed E-state index contributed by atoms with van der Waals surface area (Å²) in [6.45, 7) is 1.12. The molecule has 2 atom stereocenters. The number of nitrogens with one attached hydrogen (secondary N) is 3. The number of carbonyl (C=O) groups excluding carboxylic acids is 1. The molecular formula is C18H24FN3O2. The average Bonchev–Trinajstić information content (AvgIpc) is 2.95. The number of rotatable bonds is 5. The van der Waals surface area contributed by atoms with Gasteiger partial charge in [0.05, 0.1) is 6.10 Å². The molecule has 0 saturated heterocycles. The first-order valence-electron chi connectivity index (χ1n) is 8.57. The minimum atomic E-state index is -0.263. The van der Waals surface area contributed by atoms with Crippen LogP contribution in [0.15, 0.2) is 24.4 Å². The van der Waals surface area contributed by atoms with Gasteiger partial charge >= 0.3 is 6.03 Å². The zero-order chi connectivity index (χ0) is 16.9. The van der Waals surface area contributed by atoms with Crippen molar-refractivity contribution in [3.8, 4) is 0 Å². The van der Waals surface area contributed by atoms with Crippen molar-refractivity contribution in [1.29, 1.82) is 0 Å². The van der Waals surface area contributed by atoms with E-state index >= 15 is 0 Å². The first-order chi connectivity index (χ1) is 11.6. The Morgan fingerprint density at radius 1 is 1.33 bits per heavy atom. The van der Waals surface area contributed by atoms with Crippen molar-refractivity contribution in [2.24, 2.45) is 5.92 Å². The molecule has 2 amide bonds. The van der Waals surface area contributed by atoms with Gasteiger partial charge in [-0.1, -0.05) is 6.42 Å². The largest absolute Gasteiger partial charge is 0.393 e. The van der Waals surface area contributed by atoms with Gasteiger partial charge in [0.1, 0.15) is 5.82 Å². The van der Waals surface area contributed by atoms with Crippen molar-refractivity contribution in [2.45, 2.75) is 38.2 Å². The number of aromatic nitrogens is 1. The second-order valence-electron chi connectivity index (χ2n) is 6.58. The van der Waals surface area contributed by atoms with Gasteiger partial charge < -0.3 is 20.7 Å². The lowest BCUT2D eigenvalue weighted by atomic mass is 9.87. The highest BCUT2D eigenvalue weighted by molar-refractivity contribution is 5.83. The van der Waals surface area contributed by atoms with E-state index in [4.69, 9.17) is 0 Å². The number of aliphatic hydroxyl groups is 1. The molecule has 1 aliphatic carbocycles. The van der Waals surface area contributed by atoms with Crippen LogP contribution in [0, 0.1) is 11.7 Å². The van der Waals surface area contributed by atoms with Crippen LogP contribution in [0.25, 0.3) is 10.9 Å². The van der Waals surface area contributed by atoms with Crippen molar-refractivity contribution >= 4 is 16.9 Å². The number of aliphatic hydroxyl groups excluding tert-OH is 1. The Balaban J connectivity index is 1.41. The van der Waals surface area contributed by atoms with Crippen LogP contribution in [0.4, 0.5) is 9.18 Å². The number of hydrogen-bond acceptors (Lipinski definition) is 2. The van der Waals surface area contributed by atoms with Crippen molar-refractivity contribution in [3.05, 3.63) is 35.8 Å². The molecule has 1 aliphatic rings. The van der Waals surface area contributed by atoms with Gasteiger partial charge in [0.25, 0.3) is 0 Å². The van der Waals surface area contributed by atoms with E-state index in [2.05, 4.69) is 15.6 Å². The Hall–Kier alpha value is -2.08. The fourth-order valence-corrected chi connectivity index (χ4v) is 3.42. The number of aromatic amines is 1. The quantitative estimate of drug-likeness (QED) is 0.679. The maximum atomic E-state index is 13.2. The summed E-state index contributed by atoms with van der Waals surface area (Å²) < 4.78 is 13.2. The summed E-state index contributed by atoms with van der Waals surface area (Å²) >= 11 is 0. The molecule has 3 rings (SSSR count). The molecule has 1 aromatic heterocycles. The lowest BCUT2D eigenvalue weighted by Crippen LogP contribution is -2.40. The van der Waals surface area contributed by atoms with E-state index in [1.807, 2.05) is 6.20 Å². The molecule has 1 fully saturated rings. The fraction of sp³-hybridized carbons (Fsp3) is 0.500. The highest BCUT2D eigenvalue weighted by Crippen LogP contribution is 2.23. The summed E-state index contributed by atoms with van der Waals surface area (Å²) in [6, 6.07) is 4.49. The van der Waals surface area contributed by atoms with Gasteiger partial charge in [0.15, 0.2) is 0 Å². The van der Waals surface area contributed by atoms with Gasteiger partial charge in [0, 0.05) is 30.2 Å². The molecule has 1 aromatic carbocycles. The number of urea groups is 1. The third-order valence-corrected chi connectivity index (χ3v) is 4.72. The van der Waals surface area contributed by atoms with Crippen LogP contribution >= 0.6 is 0 Å².